The fourth-order valence-corrected chi connectivity index (χ4v) is 15.8. The molecule has 0 amide bonds. The molecule has 0 bridgehead atoms. The van der Waals surface area contributed by atoms with Crippen molar-refractivity contribution in [2.45, 2.75) is 0 Å². The zero-order valence-corrected chi connectivity index (χ0v) is 41.4. The molecule has 0 aliphatic rings. The van der Waals surface area contributed by atoms with Gasteiger partial charge in [-0.3, -0.25) is 4.98 Å². The summed E-state index contributed by atoms with van der Waals surface area (Å²) in [7, 11) is -3.81. The minimum absolute atomic E-state index is 0. The maximum atomic E-state index is 8.00. The monoisotopic (exact) mass is 1160 g/mol. The van der Waals surface area contributed by atoms with Crippen LogP contribution in [0.4, 0.5) is 0 Å². The van der Waals surface area contributed by atoms with Gasteiger partial charge < -0.3 is 50.6 Å². The SMILES string of the molecule is O=N[O-].O=N[O-].O=N[O-].O=N[O-].O=N[O-].[Yb+3].c1ccc([P+](c2ccccc2)(c2ccccc2)c2ccccc2)cc1.c1ccc([P+](c2ccccc2)(c2ccccc2)c2ccccc2)cc1.c1ccncc1. The van der Waals surface area contributed by atoms with Gasteiger partial charge in [-0.05, 0) is 109 Å². The van der Waals surface area contributed by atoms with Crippen molar-refractivity contribution in [2.75, 3.05) is 0 Å². The molecule has 0 fully saturated rings. The third kappa shape index (κ3) is 19.2. The van der Waals surface area contributed by atoms with E-state index in [1.807, 2.05) is 18.2 Å². The van der Waals surface area contributed by atoms with Crippen molar-refractivity contribution in [3.8, 4) is 0 Å². The largest absolute Gasteiger partial charge is 3.00 e. The van der Waals surface area contributed by atoms with E-state index in [0.717, 1.165) is 26.7 Å². The Labute approximate surface area is 455 Å². The Balaban J connectivity index is 0.000000514. The van der Waals surface area contributed by atoms with Crippen LogP contribution < -0.4 is 42.4 Å². The summed E-state index contributed by atoms with van der Waals surface area (Å²) < 4.78 is 0. The van der Waals surface area contributed by atoms with Crippen LogP contribution in [0.3, 0.4) is 0 Å². The number of nitrogens with zero attached hydrogens (tertiary/aromatic N) is 6. The predicted molar refractivity (Wildman–Crippen MR) is 292 cm³/mol. The van der Waals surface area contributed by atoms with Gasteiger partial charge >= 0.3 is 46.9 Å². The van der Waals surface area contributed by atoms with Gasteiger partial charge in [-0.1, -0.05) is 152 Å². The van der Waals surface area contributed by atoms with Crippen LogP contribution in [0.5, 0.6) is 0 Å². The van der Waals surface area contributed by atoms with Crippen LogP contribution in [0.1, 0.15) is 0 Å². The molecule has 0 saturated heterocycles. The van der Waals surface area contributed by atoms with Gasteiger partial charge in [-0.15, -0.1) is 26.7 Å². The summed E-state index contributed by atoms with van der Waals surface area (Å²) in [6.45, 7) is 0. The first-order valence-corrected chi connectivity index (χ1v) is 24.3. The van der Waals surface area contributed by atoms with Crippen molar-refractivity contribution in [3.05, 3.63) is 324 Å². The molecule has 0 atom stereocenters. The molecule has 9 rings (SSSR count). The molecule has 1 heterocycles. The second-order valence-electron chi connectivity index (χ2n) is 13.4. The molecule has 371 valence electrons. The molecule has 0 saturated carbocycles. The van der Waals surface area contributed by atoms with Gasteiger partial charge in [0, 0.05) is 12.4 Å². The molecular weight excluding hydrogens is 1120 g/mol. The fourth-order valence-electron chi connectivity index (χ4n) is 7.31. The maximum absolute atomic E-state index is 8.00. The Kier molecular flexibility index (Phi) is 33.8. The van der Waals surface area contributed by atoms with E-state index in [1.165, 1.54) is 42.4 Å². The van der Waals surface area contributed by atoms with Gasteiger partial charge in [0.25, 0.3) is 0 Å². The summed E-state index contributed by atoms with van der Waals surface area (Å²) in [5.41, 5.74) is 0. The minimum atomic E-state index is -1.91. The Bertz CT molecular complexity index is 2200. The Morgan fingerprint density at radius 1 is 0.236 bits per heavy atom. The molecule has 1 aromatic heterocycles. The maximum Gasteiger partial charge on any atom is 3.00 e. The zero-order valence-electron chi connectivity index (χ0n) is 37.9. The second kappa shape index (κ2) is 39.1. The molecule has 1 radical (unpaired) electrons. The van der Waals surface area contributed by atoms with E-state index in [2.05, 4.69) is 248 Å². The third-order valence-electron chi connectivity index (χ3n) is 9.71. The van der Waals surface area contributed by atoms with Crippen molar-refractivity contribution in [1.82, 2.24) is 4.98 Å². The first-order chi connectivity index (χ1) is 34.9. The second-order valence-corrected chi connectivity index (χ2v) is 20.2. The van der Waals surface area contributed by atoms with Gasteiger partial charge in [0.15, 0.2) is 0 Å². The first kappa shape index (κ1) is 62.3. The van der Waals surface area contributed by atoms with E-state index in [9.17, 15) is 0 Å². The number of hydrogen-bond donors (Lipinski definition) is 0. The van der Waals surface area contributed by atoms with Crippen molar-refractivity contribution in [2.24, 2.45) is 26.7 Å². The van der Waals surface area contributed by atoms with Crippen LogP contribution >= 0.6 is 14.5 Å². The van der Waals surface area contributed by atoms with E-state index in [1.54, 1.807) is 12.4 Å². The molecule has 0 aliphatic heterocycles. The zero-order chi connectivity index (χ0) is 51.7. The van der Waals surface area contributed by atoms with Crippen LogP contribution in [0.15, 0.2) is 300 Å². The average molecular weight is 1160 g/mol. The van der Waals surface area contributed by atoms with Crippen LogP contribution in [0, 0.1) is 97.5 Å². The van der Waals surface area contributed by atoms with Crippen molar-refractivity contribution < 1.29 is 46.9 Å². The normalized spacial score (nSPS) is 9.28. The fraction of sp³-hybridized carbons (Fsp3) is 0. The number of rotatable bonds is 8. The Morgan fingerprint density at radius 3 is 0.431 bits per heavy atom. The molecule has 0 unspecified atom stereocenters. The van der Waals surface area contributed by atoms with E-state index >= 15 is 0 Å². The van der Waals surface area contributed by atoms with Crippen LogP contribution in [-0.2, 0) is 0 Å². The van der Waals surface area contributed by atoms with Crippen LogP contribution in [-0.4, -0.2) is 4.98 Å². The summed E-state index contributed by atoms with van der Waals surface area (Å²) in [4.78, 5) is 43.8. The van der Waals surface area contributed by atoms with E-state index < -0.39 is 14.5 Å². The average Bonchev–Trinajstić information content (AvgIpc) is 3.44. The van der Waals surface area contributed by atoms with Crippen LogP contribution in [0.25, 0.3) is 0 Å². The molecule has 8 aromatic carbocycles. The van der Waals surface area contributed by atoms with Gasteiger partial charge in [0.1, 0.15) is 57.0 Å². The molecule has 0 spiro atoms. The quantitative estimate of drug-likeness (QED) is 0.0783. The number of hydrogen-bond acceptors (Lipinski definition) is 16. The molecular formula is C53H45N6O10P2Yb. The summed E-state index contributed by atoms with van der Waals surface area (Å²) in [6, 6.07) is 93.4. The number of benzene rings is 8. The minimum Gasteiger partial charge on any atom is -0.444 e. The predicted octanol–water partition coefficient (Wildman–Crippen LogP) is 10.9. The van der Waals surface area contributed by atoms with E-state index in [4.69, 9.17) is 50.6 Å². The molecule has 9 aromatic rings. The topological polar surface area (TPSA) is 275 Å². The van der Waals surface area contributed by atoms with Gasteiger partial charge in [-0.2, -0.15) is 0 Å². The smallest absolute Gasteiger partial charge is 0.444 e. The van der Waals surface area contributed by atoms with Gasteiger partial charge in [0.2, 0.25) is 0 Å². The number of aromatic nitrogens is 1. The first-order valence-electron chi connectivity index (χ1n) is 20.7. The summed E-state index contributed by atoms with van der Waals surface area (Å²) in [6.07, 6.45) is 3.50. The molecule has 0 N–H and O–H groups in total. The molecule has 19 heteroatoms. The molecule has 72 heavy (non-hydrogen) atoms. The molecule has 16 nitrogen and oxygen atoms in total. The Hall–Kier alpha value is -7.71. The van der Waals surface area contributed by atoms with Crippen molar-refractivity contribution >= 4 is 57.0 Å². The number of pyridine rings is 1. The molecule has 0 aliphatic carbocycles. The van der Waals surface area contributed by atoms with Gasteiger partial charge in [-0.25, -0.2) is 0 Å². The summed E-state index contributed by atoms with van der Waals surface area (Å²) in [5.74, 6) is 0. The Morgan fingerprint density at radius 2 is 0.347 bits per heavy atom. The summed E-state index contributed by atoms with van der Waals surface area (Å²) in [5, 5.41) is 56.1. The van der Waals surface area contributed by atoms with Crippen molar-refractivity contribution in [1.29, 1.82) is 0 Å². The van der Waals surface area contributed by atoms with E-state index in [0.29, 0.717) is 0 Å². The van der Waals surface area contributed by atoms with Crippen molar-refractivity contribution in [3.63, 3.8) is 0 Å². The van der Waals surface area contributed by atoms with Gasteiger partial charge in [0.05, 0.1) is 0 Å². The van der Waals surface area contributed by atoms with E-state index in [-0.39, 0.29) is 46.9 Å². The standard InChI is InChI=1S/2C24H20P.C5H5N.5HNO2.Yb/c2*1-5-13-21(14-6-1)25(22-15-7-2-8-16-22,23-17-9-3-10-18-23)24-19-11-4-12-20-24;1-2-4-6-5-3-1;5*2-1-3;/h2*1-20H;1-5H;5*(H,2,3);/q2*+1;;;;;;;+3/p-5. The summed E-state index contributed by atoms with van der Waals surface area (Å²) >= 11 is 0. The third-order valence-corrected chi connectivity index (χ3v) is 18.3. The van der Waals surface area contributed by atoms with Crippen LogP contribution in [0.2, 0.25) is 0 Å².